The van der Waals surface area contributed by atoms with Crippen LogP contribution < -0.4 is 15.4 Å². The SMILES string of the molecule is CCNC(=NCc1cc(-c2ccc(OC)cc2)cs1)NCCCOCCOC. The summed E-state index contributed by atoms with van der Waals surface area (Å²) in [5, 5.41) is 8.81. The van der Waals surface area contributed by atoms with Crippen LogP contribution in [0.1, 0.15) is 18.2 Å². The van der Waals surface area contributed by atoms with Crippen molar-refractivity contribution in [3.8, 4) is 16.9 Å². The van der Waals surface area contributed by atoms with Gasteiger partial charge < -0.3 is 24.8 Å². The summed E-state index contributed by atoms with van der Waals surface area (Å²) in [5.74, 6) is 1.70. The Morgan fingerprint density at radius 2 is 1.86 bits per heavy atom. The molecule has 0 saturated carbocycles. The number of benzene rings is 1. The van der Waals surface area contributed by atoms with Gasteiger partial charge in [0, 0.05) is 31.7 Å². The largest absolute Gasteiger partial charge is 0.497 e. The molecule has 2 rings (SSSR count). The molecule has 0 aliphatic rings. The van der Waals surface area contributed by atoms with E-state index in [4.69, 9.17) is 14.2 Å². The molecule has 0 saturated heterocycles. The summed E-state index contributed by atoms with van der Waals surface area (Å²) in [5.41, 5.74) is 2.40. The number of nitrogens with zero attached hydrogens (tertiary/aromatic N) is 1. The lowest BCUT2D eigenvalue weighted by Gasteiger charge is -2.11. The predicted octanol–water partition coefficient (Wildman–Crippen LogP) is 3.53. The van der Waals surface area contributed by atoms with E-state index in [1.807, 2.05) is 12.1 Å². The van der Waals surface area contributed by atoms with Crippen molar-refractivity contribution in [3.05, 3.63) is 40.6 Å². The average molecular weight is 406 g/mol. The summed E-state index contributed by atoms with van der Waals surface area (Å²) in [6.45, 7) is 6.36. The zero-order valence-electron chi connectivity index (χ0n) is 17.0. The third-order valence-corrected chi connectivity index (χ3v) is 4.93. The minimum Gasteiger partial charge on any atom is -0.497 e. The molecule has 2 aromatic rings. The van der Waals surface area contributed by atoms with Gasteiger partial charge in [-0.15, -0.1) is 11.3 Å². The second-order valence-electron chi connectivity index (χ2n) is 6.11. The highest BCUT2D eigenvalue weighted by Gasteiger charge is 2.04. The van der Waals surface area contributed by atoms with Gasteiger partial charge >= 0.3 is 0 Å². The summed E-state index contributed by atoms with van der Waals surface area (Å²) in [4.78, 5) is 5.92. The number of nitrogens with one attached hydrogen (secondary N) is 2. The van der Waals surface area contributed by atoms with Gasteiger partial charge in [-0.3, -0.25) is 0 Å². The molecule has 0 amide bonds. The minimum atomic E-state index is 0.636. The third kappa shape index (κ3) is 7.88. The van der Waals surface area contributed by atoms with E-state index in [0.29, 0.717) is 26.4 Å². The van der Waals surface area contributed by atoms with Gasteiger partial charge in [-0.2, -0.15) is 0 Å². The lowest BCUT2D eigenvalue weighted by molar-refractivity contribution is 0.0698. The Morgan fingerprint density at radius 3 is 2.57 bits per heavy atom. The van der Waals surface area contributed by atoms with Crippen LogP contribution in [-0.4, -0.2) is 53.1 Å². The van der Waals surface area contributed by atoms with Crippen LogP contribution in [0.2, 0.25) is 0 Å². The molecule has 0 atom stereocenters. The Hall–Kier alpha value is -2.09. The lowest BCUT2D eigenvalue weighted by atomic mass is 10.1. The van der Waals surface area contributed by atoms with E-state index in [9.17, 15) is 0 Å². The molecule has 28 heavy (non-hydrogen) atoms. The molecule has 2 N–H and O–H groups in total. The van der Waals surface area contributed by atoms with Gasteiger partial charge in [0.1, 0.15) is 5.75 Å². The normalized spacial score (nSPS) is 11.5. The maximum Gasteiger partial charge on any atom is 0.191 e. The van der Waals surface area contributed by atoms with Crippen LogP contribution in [-0.2, 0) is 16.0 Å². The Kier molecular flexibility index (Phi) is 10.4. The first-order chi connectivity index (χ1) is 13.8. The summed E-state index contributed by atoms with van der Waals surface area (Å²) >= 11 is 1.73. The smallest absolute Gasteiger partial charge is 0.191 e. The number of guanidine groups is 1. The summed E-state index contributed by atoms with van der Waals surface area (Å²) in [7, 11) is 3.36. The van der Waals surface area contributed by atoms with Gasteiger partial charge in [-0.25, -0.2) is 4.99 Å². The first-order valence-corrected chi connectivity index (χ1v) is 10.5. The van der Waals surface area contributed by atoms with Crippen LogP contribution in [0.5, 0.6) is 5.75 Å². The Morgan fingerprint density at radius 1 is 1.04 bits per heavy atom. The topological polar surface area (TPSA) is 64.1 Å². The van der Waals surface area contributed by atoms with Crippen LogP contribution in [0.3, 0.4) is 0 Å². The molecule has 0 spiro atoms. The molecular weight excluding hydrogens is 374 g/mol. The standard InChI is InChI=1S/C21H31N3O3S/c1-4-22-21(23-10-5-11-27-13-12-25-2)24-15-20-14-18(16-28-20)17-6-8-19(26-3)9-7-17/h6-9,14,16H,4-5,10-13,15H2,1-3H3,(H2,22,23,24). The number of rotatable bonds is 12. The molecule has 1 aromatic heterocycles. The molecule has 6 nitrogen and oxygen atoms in total. The molecule has 0 unspecified atom stereocenters. The van der Waals surface area contributed by atoms with Gasteiger partial charge in [0.05, 0.1) is 26.9 Å². The molecule has 0 bridgehead atoms. The number of aliphatic imine (C=N–C) groups is 1. The highest BCUT2D eigenvalue weighted by atomic mass is 32.1. The van der Waals surface area contributed by atoms with Gasteiger partial charge in [0.15, 0.2) is 5.96 Å². The second-order valence-corrected chi connectivity index (χ2v) is 7.11. The van der Waals surface area contributed by atoms with Crippen LogP contribution in [0.15, 0.2) is 40.7 Å². The summed E-state index contributed by atoms with van der Waals surface area (Å²) in [6.07, 6.45) is 0.925. The van der Waals surface area contributed by atoms with Crippen molar-refractivity contribution in [3.63, 3.8) is 0 Å². The van der Waals surface area contributed by atoms with Crippen LogP contribution in [0, 0.1) is 0 Å². The first kappa shape index (κ1) is 22.2. The monoisotopic (exact) mass is 405 g/mol. The van der Waals surface area contributed by atoms with Gasteiger partial charge in [0.25, 0.3) is 0 Å². The Balaban J connectivity index is 1.82. The number of methoxy groups -OCH3 is 2. The minimum absolute atomic E-state index is 0.636. The highest BCUT2D eigenvalue weighted by molar-refractivity contribution is 7.10. The fourth-order valence-corrected chi connectivity index (χ4v) is 3.34. The molecule has 0 radical (unpaired) electrons. The molecule has 0 aliphatic carbocycles. The van der Waals surface area contributed by atoms with Gasteiger partial charge in [0.2, 0.25) is 0 Å². The average Bonchev–Trinajstić information content (AvgIpc) is 3.20. The van der Waals surface area contributed by atoms with E-state index >= 15 is 0 Å². The van der Waals surface area contributed by atoms with Crippen molar-refractivity contribution in [2.24, 2.45) is 4.99 Å². The fourth-order valence-electron chi connectivity index (χ4n) is 2.52. The van der Waals surface area contributed by atoms with Gasteiger partial charge in [-0.05, 0) is 48.1 Å². The van der Waals surface area contributed by atoms with Crippen molar-refractivity contribution in [1.29, 1.82) is 0 Å². The Bertz CT molecular complexity index is 701. The molecule has 7 heteroatoms. The highest BCUT2D eigenvalue weighted by Crippen LogP contribution is 2.27. The fraction of sp³-hybridized carbons (Fsp3) is 0.476. The zero-order chi connectivity index (χ0) is 20.0. The zero-order valence-corrected chi connectivity index (χ0v) is 17.8. The van der Waals surface area contributed by atoms with E-state index in [0.717, 1.165) is 31.2 Å². The molecular formula is C21H31N3O3S. The molecule has 1 heterocycles. The summed E-state index contributed by atoms with van der Waals surface area (Å²) < 4.78 is 15.7. The predicted molar refractivity (Wildman–Crippen MR) is 116 cm³/mol. The van der Waals surface area contributed by atoms with E-state index in [1.54, 1.807) is 25.6 Å². The van der Waals surface area contributed by atoms with E-state index in [-0.39, 0.29) is 0 Å². The lowest BCUT2D eigenvalue weighted by Crippen LogP contribution is -2.38. The number of hydrogen-bond donors (Lipinski definition) is 2. The molecule has 0 aliphatic heterocycles. The number of ether oxygens (including phenoxy) is 3. The van der Waals surface area contributed by atoms with E-state index in [1.165, 1.54) is 16.0 Å². The van der Waals surface area contributed by atoms with E-state index in [2.05, 4.69) is 46.1 Å². The number of hydrogen-bond acceptors (Lipinski definition) is 5. The van der Waals surface area contributed by atoms with E-state index < -0.39 is 0 Å². The maximum atomic E-state index is 5.47. The molecule has 0 fully saturated rings. The number of thiophene rings is 1. The molecule has 1 aromatic carbocycles. The Labute approximate surface area is 171 Å². The van der Waals surface area contributed by atoms with Crippen LogP contribution >= 0.6 is 11.3 Å². The third-order valence-electron chi connectivity index (χ3n) is 4.00. The van der Waals surface area contributed by atoms with Crippen molar-refractivity contribution >= 4 is 17.3 Å². The maximum absolute atomic E-state index is 5.47. The summed E-state index contributed by atoms with van der Waals surface area (Å²) in [6, 6.07) is 10.3. The second kappa shape index (κ2) is 13.1. The van der Waals surface area contributed by atoms with Crippen LogP contribution in [0.25, 0.3) is 11.1 Å². The van der Waals surface area contributed by atoms with Gasteiger partial charge in [-0.1, -0.05) is 12.1 Å². The molecule has 154 valence electrons. The first-order valence-electron chi connectivity index (χ1n) is 9.57. The van der Waals surface area contributed by atoms with Crippen molar-refractivity contribution in [1.82, 2.24) is 10.6 Å². The van der Waals surface area contributed by atoms with Crippen molar-refractivity contribution < 1.29 is 14.2 Å². The van der Waals surface area contributed by atoms with Crippen LogP contribution in [0.4, 0.5) is 0 Å². The van der Waals surface area contributed by atoms with Crippen molar-refractivity contribution in [2.45, 2.75) is 19.9 Å². The quantitative estimate of drug-likeness (QED) is 0.321. The van der Waals surface area contributed by atoms with Crippen molar-refractivity contribution in [2.75, 3.05) is 47.1 Å².